The minimum atomic E-state index is -0.586. The van der Waals surface area contributed by atoms with Gasteiger partial charge in [-0.3, -0.25) is 19.3 Å². The third-order valence-electron chi connectivity index (χ3n) is 5.64. The van der Waals surface area contributed by atoms with Crippen LogP contribution in [0.1, 0.15) is 71.9 Å². The number of hydrogen-bond donors (Lipinski definition) is 0. The number of benzene rings is 1. The zero-order valence-corrected chi connectivity index (χ0v) is 20.2. The van der Waals surface area contributed by atoms with E-state index in [0.717, 1.165) is 28.6 Å². The maximum absolute atomic E-state index is 12.7. The van der Waals surface area contributed by atoms with E-state index in [1.165, 1.54) is 11.3 Å². The summed E-state index contributed by atoms with van der Waals surface area (Å²) in [6.07, 6.45) is 2.48. The van der Waals surface area contributed by atoms with Crippen molar-refractivity contribution >= 4 is 40.6 Å². The van der Waals surface area contributed by atoms with Crippen molar-refractivity contribution in [1.82, 2.24) is 4.90 Å². The third-order valence-corrected chi connectivity index (χ3v) is 6.55. The van der Waals surface area contributed by atoms with Crippen molar-refractivity contribution in [1.29, 1.82) is 0 Å². The average Bonchev–Trinajstić information content (AvgIpc) is 2.88. The SMILES string of the molecule is CC(C)OC(=O)CN1C(=O)S/C(=C/c2ccc3c(c2)[C@H](C)CC(C)(C)N3C(C)C)C1=O. The standard InChI is InChI=1S/C24H32N2O4S/c1-14(2)26-19-9-8-17(10-18(19)16(5)12-24(26,6)7)11-20-22(28)25(23(29)31-20)13-21(27)30-15(3)4/h8-11,14-16H,12-13H2,1-7H3/b20-11+/t16-/m1/s1. The monoisotopic (exact) mass is 444 g/mol. The minimum Gasteiger partial charge on any atom is -0.462 e. The molecule has 0 unspecified atom stereocenters. The number of ether oxygens (including phenoxy) is 1. The Morgan fingerprint density at radius 1 is 1.26 bits per heavy atom. The molecule has 1 saturated heterocycles. The van der Waals surface area contributed by atoms with Crippen LogP contribution in [0, 0.1) is 0 Å². The van der Waals surface area contributed by atoms with Gasteiger partial charge in [0.2, 0.25) is 0 Å². The van der Waals surface area contributed by atoms with E-state index < -0.39 is 17.1 Å². The number of imide groups is 1. The summed E-state index contributed by atoms with van der Waals surface area (Å²) < 4.78 is 5.06. The number of rotatable bonds is 5. The Hall–Kier alpha value is -2.28. The van der Waals surface area contributed by atoms with Gasteiger partial charge >= 0.3 is 5.97 Å². The summed E-state index contributed by atoms with van der Waals surface area (Å²) in [5, 5.41) is -0.448. The van der Waals surface area contributed by atoms with Crippen LogP contribution >= 0.6 is 11.8 Å². The summed E-state index contributed by atoms with van der Waals surface area (Å²) in [6.45, 7) is 14.3. The molecule has 31 heavy (non-hydrogen) atoms. The van der Waals surface area contributed by atoms with Crippen LogP contribution in [0.25, 0.3) is 6.08 Å². The Morgan fingerprint density at radius 2 is 1.94 bits per heavy atom. The molecule has 0 bridgehead atoms. The van der Waals surface area contributed by atoms with E-state index in [4.69, 9.17) is 4.74 Å². The number of carbonyl (C=O) groups excluding carboxylic acids is 3. The molecule has 2 amide bonds. The molecule has 2 aliphatic heterocycles. The normalized spacial score (nSPS) is 22.0. The van der Waals surface area contributed by atoms with Crippen molar-refractivity contribution in [2.75, 3.05) is 11.4 Å². The van der Waals surface area contributed by atoms with E-state index in [9.17, 15) is 14.4 Å². The summed E-state index contributed by atoms with van der Waals surface area (Å²) in [4.78, 5) is 40.6. The van der Waals surface area contributed by atoms with Gasteiger partial charge in [0.15, 0.2) is 0 Å². The minimum absolute atomic E-state index is 0.0648. The number of nitrogens with zero attached hydrogens (tertiary/aromatic N) is 2. The molecule has 0 saturated carbocycles. The molecule has 1 aromatic carbocycles. The van der Waals surface area contributed by atoms with Gasteiger partial charge in [-0.25, -0.2) is 0 Å². The Kier molecular flexibility index (Phi) is 6.56. The molecular formula is C24H32N2O4S. The molecule has 0 aromatic heterocycles. The zero-order chi connectivity index (χ0) is 23.1. The number of esters is 1. The van der Waals surface area contributed by atoms with Crippen LogP contribution in [0.15, 0.2) is 23.1 Å². The molecule has 1 fully saturated rings. The second-order valence-corrected chi connectivity index (χ2v) is 10.5. The van der Waals surface area contributed by atoms with Crippen molar-refractivity contribution < 1.29 is 19.1 Å². The van der Waals surface area contributed by atoms with Gasteiger partial charge in [-0.2, -0.15) is 0 Å². The van der Waals surface area contributed by atoms with Gasteiger partial charge in [0.1, 0.15) is 6.54 Å². The van der Waals surface area contributed by atoms with Crippen LogP contribution in [-0.4, -0.2) is 46.2 Å². The quantitative estimate of drug-likeness (QED) is 0.461. The molecular weight excluding hydrogens is 412 g/mol. The van der Waals surface area contributed by atoms with Gasteiger partial charge in [-0.05, 0) is 95.0 Å². The summed E-state index contributed by atoms with van der Waals surface area (Å²) in [7, 11) is 0. The number of anilines is 1. The van der Waals surface area contributed by atoms with Crippen molar-refractivity contribution in [2.24, 2.45) is 0 Å². The summed E-state index contributed by atoms with van der Waals surface area (Å²) in [5.41, 5.74) is 3.42. The van der Waals surface area contributed by atoms with Gasteiger partial charge in [0, 0.05) is 17.3 Å². The molecule has 0 aliphatic carbocycles. The molecule has 0 spiro atoms. The Balaban J connectivity index is 1.87. The first-order valence-electron chi connectivity index (χ1n) is 10.8. The Bertz CT molecular complexity index is 936. The van der Waals surface area contributed by atoms with Crippen molar-refractivity contribution in [2.45, 2.75) is 78.5 Å². The van der Waals surface area contributed by atoms with E-state index in [1.807, 2.05) is 6.07 Å². The van der Waals surface area contributed by atoms with Gasteiger partial charge < -0.3 is 9.64 Å². The molecule has 7 heteroatoms. The van der Waals surface area contributed by atoms with E-state index in [-0.39, 0.29) is 18.2 Å². The molecule has 168 valence electrons. The van der Waals surface area contributed by atoms with Crippen LogP contribution < -0.4 is 4.90 Å². The lowest BCUT2D eigenvalue weighted by molar-refractivity contribution is -0.149. The highest BCUT2D eigenvalue weighted by molar-refractivity contribution is 8.18. The first-order chi connectivity index (χ1) is 14.4. The van der Waals surface area contributed by atoms with E-state index in [0.29, 0.717) is 16.9 Å². The highest BCUT2D eigenvalue weighted by Gasteiger charge is 2.39. The molecule has 3 rings (SSSR count). The number of fused-ring (bicyclic) bond motifs is 1. The average molecular weight is 445 g/mol. The highest BCUT2D eigenvalue weighted by atomic mass is 32.2. The number of thioether (sulfide) groups is 1. The van der Waals surface area contributed by atoms with Gasteiger partial charge in [-0.15, -0.1) is 0 Å². The van der Waals surface area contributed by atoms with E-state index >= 15 is 0 Å². The maximum atomic E-state index is 12.7. The third kappa shape index (κ3) is 4.81. The first kappa shape index (κ1) is 23.4. The van der Waals surface area contributed by atoms with Crippen LogP contribution in [0.3, 0.4) is 0 Å². The van der Waals surface area contributed by atoms with Crippen molar-refractivity contribution in [3.63, 3.8) is 0 Å². The molecule has 1 aromatic rings. The highest BCUT2D eigenvalue weighted by Crippen LogP contribution is 2.45. The molecule has 0 radical (unpaired) electrons. The molecule has 0 N–H and O–H groups in total. The lowest BCUT2D eigenvalue weighted by Gasteiger charge is -2.50. The lowest BCUT2D eigenvalue weighted by Crippen LogP contribution is -2.51. The fraction of sp³-hybridized carbons (Fsp3) is 0.542. The molecule has 1 atom stereocenters. The maximum Gasteiger partial charge on any atom is 0.326 e. The second-order valence-electron chi connectivity index (χ2n) is 9.51. The van der Waals surface area contributed by atoms with Crippen molar-refractivity contribution in [3.05, 3.63) is 34.2 Å². The Morgan fingerprint density at radius 3 is 2.55 bits per heavy atom. The Labute approximate surface area is 189 Å². The summed E-state index contributed by atoms with van der Waals surface area (Å²) >= 11 is 0.861. The van der Waals surface area contributed by atoms with Crippen LogP contribution in [-0.2, 0) is 14.3 Å². The molecule has 6 nitrogen and oxygen atoms in total. The van der Waals surface area contributed by atoms with E-state index in [1.54, 1.807) is 19.9 Å². The fourth-order valence-corrected chi connectivity index (χ4v) is 5.59. The molecule has 2 heterocycles. The van der Waals surface area contributed by atoms with Crippen LogP contribution in [0.2, 0.25) is 0 Å². The summed E-state index contributed by atoms with van der Waals surface area (Å²) in [5.74, 6) is -0.654. The zero-order valence-electron chi connectivity index (χ0n) is 19.4. The van der Waals surface area contributed by atoms with Gasteiger partial charge in [0.05, 0.1) is 11.0 Å². The first-order valence-corrected chi connectivity index (χ1v) is 11.6. The number of hydrogen-bond acceptors (Lipinski definition) is 6. The lowest BCUT2D eigenvalue weighted by atomic mass is 9.79. The smallest absolute Gasteiger partial charge is 0.326 e. The van der Waals surface area contributed by atoms with Crippen molar-refractivity contribution in [3.8, 4) is 0 Å². The number of carbonyl (C=O) groups is 3. The van der Waals surface area contributed by atoms with Crippen LogP contribution in [0.4, 0.5) is 10.5 Å². The second kappa shape index (κ2) is 8.69. The fourth-order valence-electron chi connectivity index (χ4n) is 4.75. The van der Waals surface area contributed by atoms with Gasteiger partial charge in [-0.1, -0.05) is 13.0 Å². The largest absolute Gasteiger partial charge is 0.462 e. The predicted molar refractivity (Wildman–Crippen MR) is 125 cm³/mol. The topological polar surface area (TPSA) is 66.9 Å². The van der Waals surface area contributed by atoms with Gasteiger partial charge in [0.25, 0.3) is 11.1 Å². The summed E-state index contributed by atoms with van der Waals surface area (Å²) in [6, 6.07) is 6.59. The van der Waals surface area contributed by atoms with Crippen LogP contribution in [0.5, 0.6) is 0 Å². The number of amides is 2. The predicted octanol–water partition coefficient (Wildman–Crippen LogP) is 5.18. The van der Waals surface area contributed by atoms with E-state index in [2.05, 4.69) is 51.7 Å². The molecule has 2 aliphatic rings.